The number of hydrogen-bond acceptors (Lipinski definition) is 3. The van der Waals surface area contributed by atoms with E-state index >= 15 is 0 Å². The largest absolute Gasteiger partial charge is 0.507 e. The van der Waals surface area contributed by atoms with E-state index < -0.39 is 0 Å². The van der Waals surface area contributed by atoms with Crippen LogP contribution in [-0.4, -0.2) is 30.0 Å². The number of halogens is 1. The van der Waals surface area contributed by atoms with Crippen LogP contribution in [0.4, 0.5) is 0 Å². The maximum atomic E-state index is 12.2. The average molecular weight is 356 g/mol. The van der Waals surface area contributed by atoms with Crippen LogP contribution in [0.1, 0.15) is 36.0 Å². The fraction of sp³-hybridized carbons (Fsp3) is 0.562. The van der Waals surface area contributed by atoms with Crippen LogP contribution in [0.2, 0.25) is 0 Å². The molecule has 2 atom stereocenters. The van der Waals surface area contributed by atoms with Gasteiger partial charge >= 0.3 is 0 Å². The number of nitrogens with one attached hydrogen (secondary N) is 1. The van der Waals surface area contributed by atoms with Crippen molar-refractivity contribution in [2.75, 3.05) is 19.0 Å². The molecule has 1 amide bonds. The van der Waals surface area contributed by atoms with Crippen LogP contribution in [0, 0.1) is 11.8 Å². The van der Waals surface area contributed by atoms with Gasteiger partial charge in [0.05, 0.1) is 12.7 Å². The van der Waals surface area contributed by atoms with Crippen molar-refractivity contribution in [1.29, 1.82) is 0 Å². The summed E-state index contributed by atoms with van der Waals surface area (Å²) in [5.74, 6) is 1.43. The number of carbonyl (C=O) groups excluding carboxylic acids is 1. The number of alkyl halides is 1. The molecule has 1 aliphatic carbocycles. The minimum absolute atomic E-state index is 0.0195. The van der Waals surface area contributed by atoms with E-state index in [0.717, 1.165) is 11.8 Å². The molecule has 0 saturated heterocycles. The Balaban J connectivity index is 1.98. The summed E-state index contributed by atoms with van der Waals surface area (Å²) >= 11 is 3.56. The van der Waals surface area contributed by atoms with Crippen LogP contribution < -0.4 is 10.1 Å². The zero-order chi connectivity index (χ0) is 15.2. The Hall–Kier alpha value is -1.23. The minimum Gasteiger partial charge on any atom is -0.507 e. The normalized spacial score (nSPS) is 21.8. The van der Waals surface area contributed by atoms with Crippen molar-refractivity contribution in [3.05, 3.63) is 23.8 Å². The summed E-state index contributed by atoms with van der Waals surface area (Å²) < 4.78 is 5.09. The van der Waals surface area contributed by atoms with Gasteiger partial charge in [0.2, 0.25) is 0 Å². The molecule has 21 heavy (non-hydrogen) atoms. The van der Waals surface area contributed by atoms with Crippen molar-refractivity contribution >= 4 is 21.8 Å². The molecule has 4 nitrogen and oxygen atoms in total. The summed E-state index contributed by atoms with van der Waals surface area (Å²) in [6, 6.07) is 4.68. The second-order valence-corrected chi connectivity index (χ2v) is 6.20. The van der Waals surface area contributed by atoms with E-state index in [0.29, 0.717) is 24.1 Å². The molecule has 0 radical (unpaired) electrons. The quantitative estimate of drug-likeness (QED) is 0.796. The molecule has 0 spiro atoms. The van der Waals surface area contributed by atoms with Crippen LogP contribution >= 0.6 is 15.9 Å². The lowest BCUT2D eigenvalue weighted by molar-refractivity contribution is 0.0934. The van der Waals surface area contributed by atoms with Crippen molar-refractivity contribution in [2.45, 2.75) is 25.7 Å². The molecule has 2 rings (SSSR count). The zero-order valence-corrected chi connectivity index (χ0v) is 13.9. The number of phenolic OH excluding ortho intramolecular Hbond substituents is 1. The Morgan fingerprint density at radius 3 is 2.76 bits per heavy atom. The molecule has 1 saturated carbocycles. The highest BCUT2D eigenvalue weighted by Crippen LogP contribution is 2.31. The third kappa shape index (κ3) is 4.13. The molecule has 0 aliphatic heterocycles. The van der Waals surface area contributed by atoms with Crippen molar-refractivity contribution in [3.63, 3.8) is 0 Å². The molecule has 1 aliphatic rings. The zero-order valence-electron chi connectivity index (χ0n) is 12.3. The van der Waals surface area contributed by atoms with Crippen LogP contribution in [-0.2, 0) is 0 Å². The van der Waals surface area contributed by atoms with Gasteiger partial charge < -0.3 is 15.2 Å². The van der Waals surface area contributed by atoms with E-state index in [9.17, 15) is 9.90 Å². The second kappa shape index (κ2) is 7.69. The van der Waals surface area contributed by atoms with Gasteiger partial charge in [-0.1, -0.05) is 28.8 Å². The molecular formula is C16H22BrNO3. The number of methoxy groups -OCH3 is 1. The Morgan fingerprint density at radius 2 is 2.10 bits per heavy atom. The molecule has 2 unspecified atom stereocenters. The highest BCUT2D eigenvalue weighted by atomic mass is 79.9. The van der Waals surface area contributed by atoms with Crippen LogP contribution in [0.15, 0.2) is 18.2 Å². The maximum Gasteiger partial charge on any atom is 0.255 e. The Labute approximate surface area is 134 Å². The smallest absolute Gasteiger partial charge is 0.255 e. The predicted octanol–water partition coefficient (Wildman–Crippen LogP) is 3.33. The van der Waals surface area contributed by atoms with Gasteiger partial charge in [0.25, 0.3) is 5.91 Å². The third-order valence-corrected chi connectivity index (χ3v) is 5.07. The molecule has 1 fully saturated rings. The van der Waals surface area contributed by atoms with Gasteiger partial charge in [-0.2, -0.15) is 0 Å². The summed E-state index contributed by atoms with van der Waals surface area (Å²) in [6.45, 7) is 0.658. The highest BCUT2D eigenvalue weighted by Gasteiger charge is 2.25. The summed E-state index contributed by atoms with van der Waals surface area (Å²) in [5.41, 5.74) is 0.264. The lowest BCUT2D eigenvalue weighted by Gasteiger charge is -2.30. The summed E-state index contributed by atoms with van der Waals surface area (Å²) in [7, 11) is 1.54. The van der Waals surface area contributed by atoms with Crippen LogP contribution in [0.3, 0.4) is 0 Å². The molecule has 1 aromatic rings. The number of ether oxygens (including phenoxy) is 1. The van der Waals surface area contributed by atoms with E-state index in [-0.39, 0.29) is 17.2 Å². The minimum atomic E-state index is -0.245. The van der Waals surface area contributed by atoms with Gasteiger partial charge in [0.15, 0.2) is 0 Å². The SMILES string of the molecule is COc1ccc(O)c(C(=O)NCC2CCCCC2CBr)c1. The molecule has 1 aromatic carbocycles. The van der Waals surface area contributed by atoms with Crippen molar-refractivity contribution in [1.82, 2.24) is 5.32 Å². The molecule has 2 N–H and O–H groups in total. The van der Waals surface area contributed by atoms with Gasteiger partial charge in [-0.3, -0.25) is 4.79 Å². The topological polar surface area (TPSA) is 58.6 Å². The molecule has 5 heteroatoms. The monoisotopic (exact) mass is 355 g/mol. The van der Waals surface area contributed by atoms with Gasteiger partial charge in [-0.05, 0) is 42.9 Å². The Bertz CT molecular complexity index is 492. The van der Waals surface area contributed by atoms with Gasteiger partial charge in [-0.15, -0.1) is 0 Å². The fourth-order valence-electron chi connectivity index (χ4n) is 2.90. The Kier molecular flexibility index (Phi) is 5.91. The van der Waals surface area contributed by atoms with E-state index in [4.69, 9.17) is 4.74 Å². The number of aromatic hydroxyl groups is 1. The van der Waals surface area contributed by atoms with Gasteiger partial charge in [0, 0.05) is 11.9 Å². The number of carbonyl (C=O) groups is 1. The summed E-state index contributed by atoms with van der Waals surface area (Å²) in [6.07, 6.45) is 4.88. The first-order chi connectivity index (χ1) is 10.2. The van der Waals surface area contributed by atoms with E-state index in [1.807, 2.05) is 0 Å². The van der Waals surface area contributed by atoms with E-state index in [1.165, 1.54) is 32.4 Å². The van der Waals surface area contributed by atoms with E-state index in [1.54, 1.807) is 12.1 Å². The molecule has 0 bridgehead atoms. The van der Waals surface area contributed by atoms with Crippen molar-refractivity contribution in [2.24, 2.45) is 11.8 Å². The number of hydrogen-bond donors (Lipinski definition) is 2. The second-order valence-electron chi connectivity index (χ2n) is 5.55. The highest BCUT2D eigenvalue weighted by molar-refractivity contribution is 9.09. The van der Waals surface area contributed by atoms with E-state index in [2.05, 4.69) is 21.2 Å². The maximum absolute atomic E-state index is 12.2. The van der Waals surface area contributed by atoms with Crippen LogP contribution in [0.25, 0.3) is 0 Å². The first-order valence-corrected chi connectivity index (χ1v) is 8.49. The molecular weight excluding hydrogens is 334 g/mol. The average Bonchev–Trinajstić information content (AvgIpc) is 2.53. The van der Waals surface area contributed by atoms with Crippen molar-refractivity contribution < 1.29 is 14.6 Å². The third-order valence-electron chi connectivity index (χ3n) is 4.24. The lowest BCUT2D eigenvalue weighted by Crippen LogP contribution is -2.34. The molecule has 0 aromatic heterocycles. The first-order valence-electron chi connectivity index (χ1n) is 7.37. The van der Waals surface area contributed by atoms with Crippen LogP contribution in [0.5, 0.6) is 11.5 Å². The first kappa shape index (κ1) is 16.1. The van der Waals surface area contributed by atoms with Crippen molar-refractivity contribution in [3.8, 4) is 11.5 Å². The fourth-order valence-corrected chi connectivity index (χ4v) is 3.75. The number of benzene rings is 1. The lowest BCUT2D eigenvalue weighted by atomic mass is 9.80. The number of phenols is 1. The molecule has 116 valence electrons. The van der Waals surface area contributed by atoms with Gasteiger partial charge in [0.1, 0.15) is 11.5 Å². The number of amides is 1. The molecule has 0 heterocycles. The summed E-state index contributed by atoms with van der Waals surface area (Å²) in [4.78, 5) is 12.2. The van der Waals surface area contributed by atoms with Gasteiger partial charge in [-0.25, -0.2) is 0 Å². The number of rotatable bonds is 5. The summed E-state index contributed by atoms with van der Waals surface area (Å²) in [5, 5.41) is 13.7. The predicted molar refractivity (Wildman–Crippen MR) is 86.2 cm³/mol. The standard InChI is InChI=1S/C16H22BrNO3/c1-21-13-6-7-15(19)14(8-13)16(20)18-10-12-5-3-2-4-11(12)9-17/h6-8,11-12,19H,2-5,9-10H2,1H3,(H,18,20). The Morgan fingerprint density at radius 1 is 1.38 bits per heavy atom.